The van der Waals surface area contributed by atoms with E-state index >= 15 is 0 Å². The van der Waals surface area contributed by atoms with Gasteiger partial charge in [-0.05, 0) is 41.8 Å². The summed E-state index contributed by atoms with van der Waals surface area (Å²) in [5, 5.41) is 18.8. The first-order valence-electron chi connectivity index (χ1n) is 7.79. The Kier molecular flexibility index (Phi) is 4.99. The second kappa shape index (κ2) is 7.21. The predicted molar refractivity (Wildman–Crippen MR) is 91.3 cm³/mol. The Hall–Kier alpha value is -2.80. The van der Waals surface area contributed by atoms with Crippen LogP contribution >= 0.6 is 11.6 Å². The van der Waals surface area contributed by atoms with Gasteiger partial charge in [-0.15, -0.1) is 0 Å². The van der Waals surface area contributed by atoms with Gasteiger partial charge in [0.15, 0.2) is 6.61 Å². The fourth-order valence-corrected chi connectivity index (χ4v) is 3.35. The molecule has 1 atom stereocenters. The van der Waals surface area contributed by atoms with Crippen molar-refractivity contribution in [2.24, 2.45) is 0 Å². The fourth-order valence-electron chi connectivity index (χ4n) is 3.17. The molecule has 0 radical (unpaired) electrons. The molecule has 0 saturated heterocycles. The molecule has 1 heterocycles. The molecule has 1 aliphatic rings. The maximum absolute atomic E-state index is 14.2. The summed E-state index contributed by atoms with van der Waals surface area (Å²) in [6, 6.07) is 8.14. The van der Waals surface area contributed by atoms with Gasteiger partial charge in [0.2, 0.25) is 0 Å². The summed E-state index contributed by atoms with van der Waals surface area (Å²) >= 11 is 6.07. The van der Waals surface area contributed by atoms with Crippen molar-refractivity contribution in [3.63, 3.8) is 0 Å². The number of hydrogen-bond acceptors (Lipinski definition) is 3. The maximum atomic E-state index is 14.2. The third kappa shape index (κ3) is 3.43. The van der Waals surface area contributed by atoms with Crippen molar-refractivity contribution < 1.29 is 28.9 Å². The number of fused-ring (bicyclic) bond motifs is 1. The van der Waals surface area contributed by atoms with E-state index in [1.807, 2.05) is 0 Å². The highest BCUT2D eigenvalue weighted by atomic mass is 35.5. The van der Waals surface area contributed by atoms with Crippen LogP contribution in [0.25, 0.3) is 0 Å². The summed E-state index contributed by atoms with van der Waals surface area (Å²) in [4.78, 5) is 23.8. The minimum Gasteiger partial charge on any atom is -0.482 e. The van der Waals surface area contributed by atoms with Crippen molar-refractivity contribution in [1.29, 1.82) is 0 Å². The zero-order valence-corrected chi connectivity index (χ0v) is 14.2. The standard InChI is InChI=1S/C18H15ClFNO5/c19-10-4-5-15(26-9-16(22)23)13(8-10)17-12-2-1-3-14(20)11(12)6-7-21(17)18(24)25/h1-5,8,17H,6-7,9H2,(H,22,23)(H,24,25). The molecule has 0 saturated carbocycles. The zero-order chi connectivity index (χ0) is 18.8. The number of carboxylic acids is 1. The molecule has 6 nitrogen and oxygen atoms in total. The lowest BCUT2D eigenvalue weighted by Crippen LogP contribution is -2.40. The third-order valence-electron chi connectivity index (χ3n) is 4.23. The lowest BCUT2D eigenvalue weighted by atomic mass is 9.87. The van der Waals surface area contributed by atoms with E-state index in [2.05, 4.69) is 0 Å². The van der Waals surface area contributed by atoms with E-state index in [1.165, 1.54) is 35.2 Å². The molecular weight excluding hydrogens is 365 g/mol. The monoisotopic (exact) mass is 379 g/mol. The van der Waals surface area contributed by atoms with Crippen molar-refractivity contribution in [2.75, 3.05) is 13.2 Å². The van der Waals surface area contributed by atoms with Crippen LogP contribution in [0.5, 0.6) is 5.75 Å². The van der Waals surface area contributed by atoms with Crippen molar-refractivity contribution in [1.82, 2.24) is 4.90 Å². The number of nitrogens with zero attached hydrogens (tertiary/aromatic N) is 1. The second-order valence-corrected chi connectivity index (χ2v) is 6.24. The Morgan fingerprint density at radius 2 is 2.00 bits per heavy atom. The van der Waals surface area contributed by atoms with Gasteiger partial charge in [-0.3, -0.25) is 4.90 Å². The highest BCUT2D eigenvalue weighted by molar-refractivity contribution is 6.30. The highest BCUT2D eigenvalue weighted by Crippen LogP contribution is 2.41. The summed E-state index contributed by atoms with van der Waals surface area (Å²) in [6.07, 6.45) is -0.925. The number of halogens is 2. The van der Waals surface area contributed by atoms with Gasteiger partial charge in [-0.1, -0.05) is 23.7 Å². The molecule has 0 bridgehead atoms. The molecule has 0 spiro atoms. The van der Waals surface area contributed by atoms with E-state index in [0.717, 1.165) is 0 Å². The molecule has 2 aromatic carbocycles. The Labute approximate surface area is 153 Å². The second-order valence-electron chi connectivity index (χ2n) is 5.80. The number of carboxylic acid groups (broad SMARTS) is 2. The fraction of sp³-hybridized carbons (Fsp3) is 0.222. The zero-order valence-electron chi connectivity index (χ0n) is 13.5. The van der Waals surface area contributed by atoms with Crippen LogP contribution in [0.2, 0.25) is 5.02 Å². The van der Waals surface area contributed by atoms with Crippen LogP contribution in [-0.4, -0.2) is 40.3 Å². The summed E-state index contributed by atoms with van der Waals surface area (Å²) < 4.78 is 19.5. The Balaban J connectivity index is 2.16. The minimum absolute atomic E-state index is 0.0960. The van der Waals surface area contributed by atoms with E-state index in [9.17, 15) is 19.1 Å². The quantitative estimate of drug-likeness (QED) is 0.848. The van der Waals surface area contributed by atoms with Crippen molar-refractivity contribution in [3.05, 3.63) is 63.9 Å². The lowest BCUT2D eigenvalue weighted by Gasteiger charge is -2.36. The SMILES string of the molecule is O=C(O)COc1ccc(Cl)cc1C1c2cccc(F)c2CCN1C(=O)O. The molecule has 2 N–H and O–H groups in total. The Bertz CT molecular complexity index is 873. The van der Waals surface area contributed by atoms with Crippen molar-refractivity contribution >= 4 is 23.7 Å². The van der Waals surface area contributed by atoms with Crippen LogP contribution in [0.4, 0.5) is 9.18 Å². The van der Waals surface area contributed by atoms with Crippen LogP contribution in [0.15, 0.2) is 36.4 Å². The number of ether oxygens (including phenoxy) is 1. The average Bonchev–Trinajstić information content (AvgIpc) is 2.59. The molecule has 1 unspecified atom stereocenters. The molecule has 26 heavy (non-hydrogen) atoms. The Morgan fingerprint density at radius 3 is 2.69 bits per heavy atom. The highest BCUT2D eigenvalue weighted by Gasteiger charge is 2.35. The summed E-state index contributed by atoms with van der Waals surface area (Å²) in [6.45, 7) is -0.497. The summed E-state index contributed by atoms with van der Waals surface area (Å²) in [7, 11) is 0. The number of carbonyl (C=O) groups is 2. The first kappa shape index (κ1) is 18.0. The number of rotatable bonds is 4. The van der Waals surface area contributed by atoms with E-state index < -0.39 is 30.5 Å². The van der Waals surface area contributed by atoms with E-state index in [-0.39, 0.29) is 18.7 Å². The van der Waals surface area contributed by atoms with Gasteiger partial charge in [0.1, 0.15) is 11.6 Å². The molecule has 0 aromatic heterocycles. The number of benzene rings is 2. The smallest absolute Gasteiger partial charge is 0.408 e. The molecule has 0 aliphatic carbocycles. The van der Waals surface area contributed by atoms with Crippen molar-refractivity contribution in [2.45, 2.75) is 12.5 Å². The first-order valence-corrected chi connectivity index (χ1v) is 8.17. The number of hydrogen-bond donors (Lipinski definition) is 2. The lowest BCUT2D eigenvalue weighted by molar-refractivity contribution is -0.139. The molecule has 2 aromatic rings. The predicted octanol–water partition coefficient (Wildman–Crippen LogP) is 3.57. The minimum atomic E-state index is -1.17. The number of aliphatic carboxylic acids is 1. The average molecular weight is 380 g/mol. The Morgan fingerprint density at radius 1 is 1.23 bits per heavy atom. The van der Waals surface area contributed by atoms with Gasteiger partial charge in [-0.25, -0.2) is 14.0 Å². The van der Waals surface area contributed by atoms with Crippen LogP contribution in [0.1, 0.15) is 22.7 Å². The summed E-state index contributed by atoms with van der Waals surface area (Å²) in [5.74, 6) is -1.39. The summed E-state index contributed by atoms with van der Waals surface area (Å²) in [5.41, 5.74) is 1.29. The van der Waals surface area contributed by atoms with E-state index in [0.29, 0.717) is 21.7 Å². The van der Waals surface area contributed by atoms with Crippen LogP contribution in [0.3, 0.4) is 0 Å². The topological polar surface area (TPSA) is 87.1 Å². The molecule has 0 fully saturated rings. The van der Waals surface area contributed by atoms with E-state index in [1.54, 1.807) is 6.07 Å². The van der Waals surface area contributed by atoms with Gasteiger partial charge < -0.3 is 14.9 Å². The number of amides is 1. The third-order valence-corrected chi connectivity index (χ3v) is 4.46. The molecule has 1 amide bonds. The van der Waals surface area contributed by atoms with Gasteiger partial charge in [-0.2, -0.15) is 0 Å². The molecule has 1 aliphatic heterocycles. The molecule has 8 heteroatoms. The normalized spacial score (nSPS) is 16.1. The maximum Gasteiger partial charge on any atom is 0.408 e. The van der Waals surface area contributed by atoms with Gasteiger partial charge in [0.25, 0.3) is 0 Å². The first-order chi connectivity index (χ1) is 12.4. The van der Waals surface area contributed by atoms with Gasteiger partial charge in [0, 0.05) is 17.1 Å². The molecule has 136 valence electrons. The van der Waals surface area contributed by atoms with Crippen molar-refractivity contribution in [3.8, 4) is 5.75 Å². The molecular formula is C18H15ClFNO5. The van der Waals surface area contributed by atoms with E-state index in [4.69, 9.17) is 21.4 Å². The van der Waals surface area contributed by atoms with Gasteiger partial charge in [0.05, 0.1) is 6.04 Å². The van der Waals surface area contributed by atoms with Crippen LogP contribution in [0, 0.1) is 5.82 Å². The van der Waals surface area contributed by atoms with Crippen LogP contribution < -0.4 is 4.74 Å². The van der Waals surface area contributed by atoms with Crippen LogP contribution in [-0.2, 0) is 11.2 Å². The van der Waals surface area contributed by atoms with Gasteiger partial charge >= 0.3 is 12.1 Å². The largest absolute Gasteiger partial charge is 0.482 e. The molecule has 3 rings (SSSR count).